The van der Waals surface area contributed by atoms with Gasteiger partial charge in [-0.2, -0.15) is 0 Å². The summed E-state index contributed by atoms with van der Waals surface area (Å²) >= 11 is 0. The molecule has 118 valence electrons. The minimum atomic E-state index is -0.466. The van der Waals surface area contributed by atoms with Crippen LogP contribution in [0.5, 0.6) is 0 Å². The first-order valence-electron chi connectivity index (χ1n) is 7.17. The molecule has 7 heteroatoms. The Labute approximate surface area is 128 Å². The lowest BCUT2D eigenvalue weighted by Crippen LogP contribution is -2.40. The lowest BCUT2D eigenvalue weighted by Gasteiger charge is -2.34. The molecule has 0 spiro atoms. The number of nitrogens with zero attached hydrogens (tertiary/aromatic N) is 2. The van der Waals surface area contributed by atoms with Crippen LogP contribution in [0.15, 0.2) is 24.3 Å². The van der Waals surface area contributed by atoms with Crippen molar-refractivity contribution in [2.75, 3.05) is 19.7 Å². The Balaban J connectivity index is 2.17. The number of piperidine rings is 1. The highest BCUT2D eigenvalue weighted by Gasteiger charge is 2.30. The zero-order chi connectivity index (χ0) is 16.1. The first-order chi connectivity index (χ1) is 10.5. The molecular weight excluding hydrogens is 288 g/mol. The number of likely N-dealkylation sites (tertiary alicyclic amines) is 1. The Morgan fingerprint density at radius 1 is 1.41 bits per heavy atom. The highest BCUT2D eigenvalue weighted by atomic mass is 16.6. The number of hydrogen-bond acceptors (Lipinski definition) is 6. The van der Waals surface area contributed by atoms with Gasteiger partial charge in [0.05, 0.1) is 18.1 Å². The van der Waals surface area contributed by atoms with Crippen LogP contribution >= 0.6 is 0 Å². The summed E-state index contributed by atoms with van der Waals surface area (Å²) in [7, 11) is 0. The van der Waals surface area contributed by atoms with Crippen molar-refractivity contribution in [1.82, 2.24) is 4.90 Å². The summed E-state index contributed by atoms with van der Waals surface area (Å²) in [4.78, 5) is 35.5. The normalized spacial score (nSPS) is 19.0. The fraction of sp³-hybridized carbons (Fsp3) is 0.467. The molecule has 0 aromatic heterocycles. The lowest BCUT2D eigenvalue weighted by atomic mass is 9.94. The van der Waals surface area contributed by atoms with Crippen molar-refractivity contribution >= 4 is 17.4 Å². The number of benzene rings is 1. The van der Waals surface area contributed by atoms with Gasteiger partial charge in [-0.1, -0.05) is 12.1 Å². The van der Waals surface area contributed by atoms with E-state index >= 15 is 0 Å². The Morgan fingerprint density at radius 2 is 2.09 bits per heavy atom. The third-order valence-corrected chi connectivity index (χ3v) is 3.67. The molecule has 1 aliphatic rings. The van der Waals surface area contributed by atoms with Gasteiger partial charge in [0, 0.05) is 37.6 Å². The molecule has 0 radical (unpaired) electrons. The van der Waals surface area contributed by atoms with Gasteiger partial charge >= 0.3 is 5.97 Å². The van der Waals surface area contributed by atoms with Crippen molar-refractivity contribution in [3.05, 3.63) is 39.9 Å². The molecular formula is C15H18N2O5. The fourth-order valence-electron chi connectivity index (χ4n) is 2.58. The molecule has 0 saturated carbocycles. The van der Waals surface area contributed by atoms with Gasteiger partial charge in [0.2, 0.25) is 0 Å². The van der Waals surface area contributed by atoms with Crippen molar-refractivity contribution in [3.8, 4) is 0 Å². The predicted octanol–water partition coefficient (Wildman–Crippen LogP) is 1.86. The van der Waals surface area contributed by atoms with E-state index in [0.717, 1.165) is 5.56 Å². The van der Waals surface area contributed by atoms with Crippen LogP contribution in [0.1, 0.15) is 31.4 Å². The number of hydrogen-bond donors (Lipinski definition) is 0. The summed E-state index contributed by atoms with van der Waals surface area (Å²) in [5.41, 5.74) is 0.797. The molecule has 1 fully saturated rings. The van der Waals surface area contributed by atoms with Gasteiger partial charge in [-0.05, 0) is 12.5 Å². The van der Waals surface area contributed by atoms with Crippen LogP contribution in [0.4, 0.5) is 5.69 Å². The van der Waals surface area contributed by atoms with Crippen LogP contribution in [0.25, 0.3) is 0 Å². The molecule has 1 aliphatic heterocycles. The van der Waals surface area contributed by atoms with Crippen molar-refractivity contribution in [3.63, 3.8) is 0 Å². The summed E-state index contributed by atoms with van der Waals surface area (Å²) in [6, 6.07) is 5.86. The van der Waals surface area contributed by atoms with E-state index in [1.807, 2.05) is 4.90 Å². The molecule has 0 N–H and O–H groups in total. The number of ether oxygens (including phenoxy) is 1. The lowest BCUT2D eigenvalue weighted by molar-refractivity contribution is -0.384. The molecule has 2 rings (SSSR count). The van der Waals surface area contributed by atoms with Crippen LogP contribution in [0.2, 0.25) is 0 Å². The minimum Gasteiger partial charge on any atom is -0.465 e. The van der Waals surface area contributed by atoms with Crippen molar-refractivity contribution < 1.29 is 19.2 Å². The summed E-state index contributed by atoms with van der Waals surface area (Å²) in [6.45, 7) is 2.65. The first-order valence-corrected chi connectivity index (χ1v) is 7.17. The smallest absolute Gasteiger partial charge is 0.320 e. The van der Waals surface area contributed by atoms with Crippen LogP contribution in [-0.4, -0.2) is 41.3 Å². The van der Waals surface area contributed by atoms with Gasteiger partial charge < -0.3 is 4.74 Å². The van der Waals surface area contributed by atoms with Gasteiger partial charge in [0.1, 0.15) is 5.78 Å². The molecule has 0 amide bonds. The molecule has 1 aromatic rings. The first kappa shape index (κ1) is 16.1. The zero-order valence-corrected chi connectivity index (χ0v) is 12.4. The van der Waals surface area contributed by atoms with E-state index in [-0.39, 0.29) is 30.0 Å². The van der Waals surface area contributed by atoms with Gasteiger partial charge in [-0.3, -0.25) is 24.6 Å². The third-order valence-electron chi connectivity index (χ3n) is 3.67. The second-order valence-corrected chi connectivity index (χ2v) is 5.13. The van der Waals surface area contributed by atoms with E-state index in [1.54, 1.807) is 19.1 Å². The summed E-state index contributed by atoms with van der Waals surface area (Å²) < 4.78 is 4.95. The number of carbonyl (C=O) groups is 2. The average molecular weight is 306 g/mol. The number of nitro groups is 1. The van der Waals surface area contributed by atoms with Gasteiger partial charge in [0.15, 0.2) is 0 Å². The number of carbonyl (C=O) groups excluding carboxylic acids is 2. The maximum Gasteiger partial charge on any atom is 0.320 e. The highest BCUT2D eigenvalue weighted by molar-refractivity contribution is 5.80. The number of Topliss-reactive ketones (excluding diaryl/α,β-unsaturated/α-hetero) is 1. The van der Waals surface area contributed by atoms with E-state index in [9.17, 15) is 19.7 Å². The summed E-state index contributed by atoms with van der Waals surface area (Å²) in [5.74, 6) is -0.202. The van der Waals surface area contributed by atoms with E-state index in [1.165, 1.54) is 12.1 Å². The van der Waals surface area contributed by atoms with E-state index in [0.29, 0.717) is 26.0 Å². The number of ketones is 1. The van der Waals surface area contributed by atoms with E-state index < -0.39 is 4.92 Å². The number of nitro benzene ring substituents is 1. The molecule has 1 saturated heterocycles. The van der Waals surface area contributed by atoms with E-state index in [2.05, 4.69) is 0 Å². The fourth-order valence-corrected chi connectivity index (χ4v) is 2.58. The Hall–Kier alpha value is -2.28. The van der Waals surface area contributed by atoms with Crippen LogP contribution in [0, 0.1) is 10.1 Å². The number of rotatable bonds is 5. The number of esters is 1. The Kier molecular flexibility index (Phi) is 5.21. The predicted molar refractivity (Wildman–Crippen MR) is 78.3 cm³/mol. The molecule has 1 atom stereocenters. The molecule has 7 nitrogen and oxygen atoms in total. The Bertz CT molecular complexity index is 570. The van der Waals surface area contributed by atoms with Gasteiger partial charge in [0.25, 0.3) is 5.69 Å². The maximum atomic E-state index is 11.7. The maximum absolute atomic E-state index is 11.7. The summed E-state index contributed by atoms with van der Waals surface area (Å²) in [6.07, 6.45) is 0.708. The van der Waals surface area contributed by atoms with Crippen LogP contribution in [-0.2, 0) is 14.3 Å². The Morgan fingerprint density at radius 3 is 2.68 bits per heavy atom. The van der Waals surface area contributed by atoms with Gasteiger partial charge in [-0.25, -0.2) is 0 Å². The molecule has 1 unspecified atom stereocenters. The topological polar surface area (TPSA) is 89.8 Å². The molecule has 0 aliphatic carbocycles. The highest BCUT2D eigenvalue weighted by Crippen LogP contribution is 2.30. The average Bonchev–Trinajstić information content (AvgIpc) is 2.49. The monoisotopic (exact) mass is 306 g/mol. The van der Waals surface area contributed by atoms with Gasteiger partial charge in [-0.15, -0.1) is 0 Å². The number of non-ortho nitro benzene ring substituents is 1. The molecule has 1 aromatic carbocycles. The third kappa shape index (κ3) is 3.88. The quantitative estimate of drug-likeness (QED) is 0.468. The van der Waals surface area contributed by atoms with Crippen molar-refractivity contribution in [2.45, 2.75) is 25.8 Å². The minimum absolute atomic E-state index is 0.00262. The van der Waals surface area contributed by atoms with Crippen LogP contribution < -0.4 is 0 Å². The van der Waals surface area contributed by atoms with E-state index in [4.69, 9.17) is 4.74 Å². The SMILES string of the molecule is CCOC(=O)CN1CCC(=O)CC1c1ccc([N+](=O)[O-])cc1. The largest absolute Gasteiger partial charge is 0.465 e. The van der Waals surface area contributed by atoms with Crippen molar-refractivity contribution in [2.24, 2.45) is 0 Å². The summed E-state index contributed by atoms with van der Waals surface area (Å²) in [5, 5.41) is 10.7. The molecule has 1 heterocycles. The zero-order valence-electron chi connectivity index (χ0n) is 12.4. The van der Waals surface area contributed by atoms with Crippen molar-refractivity contribution in [1.29, 1.82) is 0 Å². The standard InChI is InChI=1S/C15H18N2O5/c1-2-22-15(19)10-16-8-7-13(18)9-14(16)11-3-5-12(6-4-11)17(20)21/h3-6,14H,2,7-10H2,1H3. The van der Waals surface area contributed by atoms with Crippen LogP contribution in [0.3, 0.4) is 0 Å². The second kappa shape index (κ2) is 7.13. The second-order valence-electron chi connectivity index (χ2n) is 5.13. The molecule has 0 bridgehead atoms. The molecule has 22 heavy (non-hydrogen) atoms.